The molecule has 4 N–H and O–H groups in total. The van der Waals surface area contributed by atoms with Gasteiger partial charge in [0.2, 0.25) is 0 Å². The van der Waals surface area contributed by atoms with Crippen molar-refractivity contribution in [2.24, 2.45) is 5.92 Å². The second-order valence-corrected chi connectivity index (χ2v) is 4.64. The average Bonchev–Trinajstić information content (AvgIpc) is 2.42. The maximum absolute atomic E-state index is 11.9. The SMILES string of the molecule is COc1ccc(C(=O)NCCCC(C)CO)cc1N. The molecule has 1 atom stereocenters. The fourth-order valence-corrected chi connectivity index (χ4v) is 1.72. The molecule has 0 aliphatic heterocycles. The minimum absolute atomic E-state index is 0.147. The highest BCUT2D eigenvalue weighted by molar-refractivity contribution is 5.95. The van der Waals surface area contributed by atoms with Crippen molar-refractivity contribution >= 4 is 11.6 Å². The van der Waals surface area contributed by atoms with Gasteiger partial charge in [0.1, 0.15) is 5.75 Å². The summed E-state index contributed by atoms with van der Waals surface area (Å²) in [4.78, 5) is 11.9. The second kappa shape index (κ2) is 7.63. The van der Waals surface area contributed by atoms with Gasteiger partial charge in [-0.05, 0) is 37.0 Å². The third-order valence-electron chi connectivity index (χ3n) is 2.96. The van der Waals surface area contributed by atoms with Crippen molar-refractivity contribution in [2.75, 3.05) is 26.0 Å². The lowest BCUT2D eigenvalue weighted by Crippen LogP contribution is -2.25. The van der Waals surface area contributed by atoms with Crippen LogP contribution in [-0.2, 0) is 0 Å². The van der Waals surface area contributed by atoms with Crippen molar-refractivity contribution < 1.29 is 14.6 Å². The molecule has 0 aromatic heterocycles. The number of hydrogen-bond acceptors (Lipinski definition) is 4. The van der Waals surface area contributed by atoms with Crippen LogP contribution in [0.5, 0.6) is 5.75 Å². The molecular weight excluding hydrogens is 244 g/mol. The van der Waals surface area contributed by atoms with E-state index in [9.17, 15) is 4.79 Å². The number of nitrogen functional groups attached to an aromatic ring is 1. The first-order valence-electron chi connectivity index (χ1n) is 6.41. The van der Waals surface area contributed by atoms with Gasteiger partial charge in [0.15, 0.2) is 0 Å². The third kappa shape index (κ3) is 4.79. The number of methoxy groups -OCH3 is 1. The summed E-state index contributed by atoms with van der Waals surface area (Å²) in [6, 6.07) is 4.96. The molecule has 0 spiro atoms. The molecule has 106 valence electrons. The third-order valence-corrected chi connectivity index (χ3v) is 2.96. The van der Waals surface area contributed by atoms with Gasteiger partial charge in [-0.2, -0.15) is 0 Å². The number of amides is 1. The van der Waals surface area contributed by atoms with Crippen LogP contribution in [0.3, 0.4) is 0 Å². The Morgan fingerprint density at radius 3 is 2.84 bits per heavy atom. The average molecular weight is 266 g/mol. The van der Waals surface area contributed by atoms with Crippen LogP contribution in [0.2, 0.25) is 0 Å². The van der Waals surface area contributed by atoms with Crippen LogP contribution >= 0.6 is 0 Å². The number of anilines is 1. The fourth-order valence-electron chi connectivity index (χ4n) is 1.72. The van der Waals surface area contributed by atoms with Crippen LogP contribution in [0.4, 0.5) is 5.69 Å². The van der Waals surface area contributed by atoms with E-state index in [1.54, 1.807) is 18.2 Å². The van der Waals surface area contributed by atoms with Crippen molar-refractivity contribution in [3.05, 3.63) is 23.8 Å². The Kier molecular flexibility index (Phi) is 6.15. The van der Waals surface area contributed by atoms with Gasteiger partial charge in [-0.15, -0.1) is 0 Å². The van der Waals surface area contributed by atoms with E-state index in [1.807, 2.05) is 6.92 Å². The number of carbonyl (C=O) groups is 1. The molecule has 0 radical (unpaired) electrons. The van der Waals surface area contributed by atoms with Gasteiger partial charge in [-0.25, -0.2) is 0 Å². The topological polar surface area (TPSA) is 84.6 Å². The molecule has 0 heterocycles. The van der Waals surface area contributed by atoms with Crippen molar-refractivity contribution in [3.8, 4) is 5.75 Å². The molecule has 5 nitrogen and oxygen atoms in total. The number of carbonyl (C=O) groups excluding carboxylic acids is 1. The lowest BCUT2D eigenvalue weighted by Gasteiger charge is -2.10. The summed E-state index contributed by atoms with van der Waals surface area (Å²) in [5.74, 6) is 0.688. The van der Waals surface area contributed by atoms with Crippen LogP contribution in [0.25, 0.3) is 0 Å². The van der Waals surface area contributed by atoms with E-state index in [4.69, 9.17) is 15.6 Å². The molecule has 19 heavy (non-hydrogen) atoms. The molecule has 1 aromatic rings. The number of hydrogen-bond donors (Lipinski definition) is 3. The molecule has 1 rings (SSSR count). The zero-order chi connectivity index (χ0) is 14.3. The van der Waals surface area contributed by atoms with Crippen LogP contribution in [0.15, 0.2) is 18.2 Å². The molecule has 0 saturated heterocycles. The highest BCUT2D eigenvalue weighted by Crippen LogP contribution is 2.21. The van der Waals surface area contributed by atoms with E-state index in [1.165, 1.54) is 7.11 Å². The summed E-state index contributed by atoms with van der Waals surface area (Å²) >= 11 is 0. The number of ether oxygens (including phenoxy) is 1. The first-order chi connectivity index (χ1) is 9.08. The number of nitrogens with two attached hydrogens (primary N) is 1. The van der Waals surface area contributed by atoms with Crippen molar-refractivity contribution in [1.29, 1.82) is 0 Å². The van der Waals surface area contributed by atoms with Gasteiger partial charge >= 0.3 is 0 Å². The number of rotatable bonds is 7. The first-order valence-corrected chi connectivity index (χ1v) is 6.41. The predicted octanol–water partition coefficient (Wildman–Crippen LogP) is 1.42. The Hall–Kier alpha value is -1.75. The maximum atomic E-state index is 11.9. The largest absolute Gasteiger partial charge is 0.495 e. The molecule has 1 aromatic carbocycles. The predicted molar refractivity (Wildman–Crippen MR) is 75.2 cm³/mol. The Morgan fingerprint density at radius 2 is 2.26 bits per heavy atom. The van der Waals surface area contributed by atoms with Crippen molar-refractivity contribution in [3.63, 3.8) is 0 Å². The Balaban J connectivity index is 2.43. The quantitative estimate of drug-likeness (QED) is 0.514. The molecular formula is C14H22N2O3. The molecule has 5 heteroatoms. The number of aliphatic hydroxyl groups excluding tert-OH is 1. The number of benzene rings is 1. The summed E-state index contributed by atoms with van der Waals surface area (Å²) in [6.45, 7) is 2.75. The van der Waals surface area contributed by atoms with Gasteiger partial charge in [0.05, 0.1) is 12.8 Å². The van der Waals surface area contributed by atoms with E-state index in [2.05, 4.69) is 5.32 Å². The lowest BCUT2D eigenvalue weighted by molar-refractivity contribution is 0.0952. The maximum Gasteiger partial charge on any atom is 0.251 e. The summed E-state index contributed by atoms with van der Waals surface area (Å²) in [6.07, 6.45) is 1.74. The Bertz CT molecular complexity index is 421. The van der Waals surface area contributed by atoms with Gasteiger partial charge in [-0.1, -0.05) is 6.92 Å². The summed E-state index contributed by atoms with van der Waals surface area (Å²) in [5.41, 5.74) is 6.72. The molecule has 0 aliphatic rings. The molecule has 0 aliphatic carbocycles. The fraction of sp³-hybridized carbons (Fsp3) is 0.500. The van der Waals surface area contributed by atoms with E-state index >= 15 is 0 Å². The van der Waals surface area contributed by atoms with Gasteiger partial charge in [0.25, 0.3) is 5.91 Å². The highest BCUT2D eigenvalue weighted by Gasteiger charge is 2.08. The summed E-state index contributed by atoms with van der Waals surface area (Å²) in [7, 11) is 1.54. The molecule has 1 unspecified atom stereocenters. The zero-order valence-electron chi connectivity index (χ0n) is 11.5. The van der Waals surface area contributed by atoms with Crippen molar-refractivity contribution in [2.45, 2.75) is 19.8 Å². The van der Waals surface area contributed by atoms with Gasteiger partial charge in [0, 0.05) is 18.7 Å². The second-order valence-electron chi connectivity index (χ2n) is 4.64. The van der Waals surface area contributed by atoms with Crippen LogP contribution in [0.1, 0.15) is 30.1 Å². The monoisotopic (exact) mass is 266 g/mol. The Morgan fingerprint density at radius 1 is 1.53 bits per heavy atom. The minimum atomic E-state index is -0.147. The minimum Gasteiger partial charge on any atom is -0.495 e. The van der Waals surface area contributed by atoms with E-state index in [0.717, 1.165) is 12.8 Å². The van der Waals surface area contributed by atoms with Gasteiger partial charge in [-0.3, -0.25) is 4.79 Å². The number of aliphatic hydroxyl groups is 1. The standard InChI is InChI=1S/C14H22N2O3/c1-10(9-17)4-3-7-16-14(18)11-5-6-13(19-2)12(15)8-11/h5-6,8,10,17H,3-4,7,9,15H2,1-2H3,(H,16,18). The van der Waals surface area contributed by atoms with Crippen LogP contribution < -0.4 is 15.8 Å². The Labute approximate surface area is 113 Å². The summed E-state index contributed by atoms with van der Waals surface area (Å²) in [5, 5.41) is 11.7. The molecule has 1 amide bonds. The zero-order valence-corrected chi connectivity index (χ0v) is 11.5. The van der Waals surface area contributed by atoms with Crippen LogP contribution in [-0.4, -0.2) is 31.3 Å². The molecule has 0 bridgehead atoms. The number of nitrogens with one attached hydrogen (secondary N) is 1. The first kappa shape index (κ1) is 15.3. The smallest absolute Gasteiger partial charge is 0.251 e. The normalized spacial score (nSPS) is 11.9. The van der Waals surface area contributed by atoms with Gasteiger partial charge < -0.3 is 20.9 Å². The lowest BCUT2D eigenvalue weighted by atomic mass is 10.1. The van der Waals surface area contributed by atoms with Crippen LogP contribution in [0, 0.1) is 5.92 Å². The molecule has 0 saturated carbocycles. The van der Waals surface area contributed by atoms with E-state index in [-0.39, 0.29) is 18.4 Å². The highest BCUT2D eigenvalue weighted by atomic mass is 16.5. The summed E-state index contributed by atoms with van der Waals surface area (Å²) < 4.78 is 5.04. The van der Waals surface area contributed by atoms with E-state index in [0.29, 0.717) is 23.5 Å². The van der Waals surface area contributed by atoms with E-state index < -0.39 is 0 Å². The molecule has 0 fully saturated rings. The van der Waals surface area contributed by atoms with Crippen molar-refractivity contribution in [1.82, 2.24) is 5.32 Å².